The number of carboxylic acid groups (broad SMARTS) is 1. The highest BCUT2D eigenvalue weighted by Crippen LogP contribution is 1.82. The molecule has 0 aliphatic carbocycles. The van der Waals surface area contributed by atoms with Gasteiger partial charge in [-0.05, 0) is 27.6 Å². The normalized spacial score (nSPS) is 7.73. The Morgan fingerprint density at radius 1 is 1.36 bits per heavy atom. The predicted octanol–water partition coefficient (Wildman–Crippen LogP) is 1.21. The van der Waals surface area contributed by atoms with Gasteiger partial charge in [0, 0.05) is 6.42 Å². The number of hydrogen-bond donors (Lipinski definition) is 2. The van der Waals surface area contributed by atoms with Gasteiger partial charge in [0.15, 0.2) is 0 Å². The van der Waals surface area contributed by atoms with Crippen LogP contribution in [0.25, 0.3) is 0 Å². The molecule has 0 atom stereocenters. The molecule has 0 amide bonds. The van der Waals surface area contributed by atoms with E-state index in [0.29, 0.717) is 6.42 Å². The summed E-state index contributed by atoms with van der Waals surface area (Å²) in [5, 5.41) is 7.91. The van der Waals surface area contributed by atoms with Crippen LogP contribution in [0, 0.1) is 0 Å². The Labute approximate surface area is 68.8 Å². The molecule has 0 saturated carbocycles. The van der Waals surface area contributed by atoms with Crippen LogP contribution in [0.1, 0.15) is 19.8 Å². The molecule has 0 aliphatic rings. The van der Waals surface area contributed by atoms with Crippen LogP contribution >= 0.6 is 0 Å². The second kappa shape index (κ2) is 12.1. The molecule has 0 spiro atoms. The maximum Gasteiger partial charge on any atom is 0.303 e. The largest absolute Gasteiger partial charge is 0.481 e. The second-order valence-electron chi connectivity index (χ2n) is 2.49. The first-order valence-electron chi connectivity index (χ1n) is 3.33. The Kier molecular flexibility index (Phi) is 18.5. The van der Waals surface area contributed by atoms with E-state index in [2.05, 4.69) is 0 Å². The Balaban J connectivity index is -0.000000114. The molecular weight excluding hydrogens is 144 g/mol. The Morgan fingerprint density at radius 2 is 1.64 bits per heavy atom. The first-order chi connectivity index (χ1) is 4.50. The lowest BCUT2D eigenvalue weighted by Gasteiger charge is -1.90. The van der Waals surface area contributed by atoms with Gasteiger partial charge in [0.05, 0.1) is 0 Å². The summed E-state index contributed by atoms with van der Waals surface area (Å²) in [5.41, 5.74) is 0. The standard InChI is InChI=1S/C4H8O2.C3H9N.H3N/c1-2-3-4(5)6;1-4(2)3;/h2-3H2,1H3,(H,5,6);1-3H3;1H3. The number of carboxylic acids is 1. The number of nitrogens with zero attached hydrogens (tertiary/aromatic N) is 1. The number of aliphatic carboxylic acids is 1. The highest BCUT2D eigenvalue weighted by atomic mass is 16.4. The van der Waals surface area contributed by atoms with Crippen molar-refractivity contribution < 1.29 is 9.90 Å². The summed E-state index contributed by atoms with van der Waals surface area (Å²) in [6.45, 7) is 1.84. The second-order valence-corrected chi connectivity index (χ2v) is 2.49. The molecule has 0 aromatic carbocycles. The molecule has 0 aromatic heterocycles. The Morgan fingerprint density at radius 3 is 1.64 bits per heavy atom. The van der Waals surface area contributed by atoms with Crippen molar-refractivity contribution in [3.8, 4) is 0 Å². The topological polar surface area (TPSA) is 75.5 Å². The van der Waals surface area contributed by atoms with Gasteiger partial charge in [-0.3, -0.25) is 4.79 Å². The van der Waals surface area contributed by atoms with Crippen molar-refractivity contribution in [2.45, 2.75) is 19.8 Å². The van der Waals surface area contributed by atoms with Gasteiger partial charge in [-0.15, -0.1) is 0 Å². The summed E-state index contributed by atoms with van der Waals surface area (Å²) >= 11 is 0. The molecule has 0 fully saturated rings. The lowest BCUT2D eigenvalue weighted by Crippen LogP contribution is -1.99. The summed E-state index contributed by atoms with van der Waals surface area (Å²) in [7, 11) is 6.00. The quantitative estimate of drug-likeness (QED) is 0.643. The van der Waals surface area contributed by atoms with Crippen molar-refractivity contribution in [2.24, 2.45) is 0 Å². The smallest absolute Gasteiger partial charge is 0.303 e. The van der Waals surface area contributed by atoms with Crippen LogP contribution in [0.4, 0.5) is 0 Å². The molecule has 0 saturated heterocycles. The van der Waals surface area contributed by atoms with E-state index in [-0.39, 0.29) is 6.15 Å². The third-order valence-electron chi connectivity index (χ3n) is 0.464. The molecule has 0 aromatic rings. The summed E-state index contributed by atoms with van der Waals surface area (Å²) in [6.07, 6.45) is 1.02. The molecule has 0 radical (unpaired) electrons. The highest BCUT2D eigenvalue weighted by Gasteiger charge is 1.87. The molecule has 4 heteroatoms. The van der Waals surface area contributed by atoms with Gasteiger partial charge >= 0.3 is 5.97 Å². The van der Waals surface area contributed by atoms with Gasteiger partial charge in [-0.2, -0.15) is 0 Å². The van der Waals surface area contributed by atoms with E-state index >= 15 is 0 Å². The minimum Gasteiger partial charge on any atom is -0.481 e. The van der Waals surface area contributed by atoms with E-state index in [0.717, 1.165) is 6.42 Å². The fourth-order valence-electron chi connectivity index (χ4n) is 0.214. The zero-order valence-electron chi connectivity index (χ0n) is 7.92. The van der Waals surface area contributed by atoms with Crippen LogP contribution in [-0.4, -0.2) is 37.1 Å². The first kappa shape index (κ1) is 16.8. The van der Waals surface area contributed by atoms with Crippen molar-refractivity contribution in [3.63, 3.8) is 0 Å². The first-order valence-corrected chi connectivity index (χ1v) is 3.33. The lowest BCUT2D eigenvalue weighted by molar-refractivity contribution is -0.137. The fourth-order valence-corrected chi connectivity index (χ4v) is 0.214. The van der Waals surface area contributed by atoms with E-state index in [1.54, 1.807) is 0 Å². The van der Waals surface area contributed by atoms with E-state index in [1.165, 1.54) is 0 Å². The molecular formula is C7H20N2O2. The van der Waals surface area contributed by atoms with Crippen molar-refractivity contribution in [2.75, 3.05) is 21.1 Å². The lowest BCUT2D eigenvalue weighted by atomic mass is 10.4. The summed E-state index contributed by atoms with van der Waals surface area (Å²) in [4.78, 5) is 11.6. The molecule has 0 heterocycles. The van der Waals surface area contributed by atoms with Crippen LogP contribution in [0.3, 0.4) is 0 Å². The maximum absolute atomic E-state index is 9.60. The van der Waals surface area contributed by atoms with Crippen molar-refractivity contribution in [1.29, 1.82) is 0 Å². The van der Waals surface area contributed by atoms with Gasteiger partial charge in [0.2, 0.25) is 0 Å². The van der Waals surface area contributed by atoms with Gasteiger partial charge in [-0.25, -0.2) is 0 Å². The molecule has 70 valence electrons. The molecule has 0 rings (SSSR count). The van der Waals surface area contributed by atoms with E-state index in [4.69, 9.17) is 5.11 Å². The minimum absolute atomic E-state index is 0. The van der Waals surface area contributed by atoms with Gasteiger partial charge in [-0.1, -0.05) is 6.92 Å². The van der Waals surface area contributed by atoms with Crippen molar-refractivity contribution in [3.05, 3.63) is 0 Å². The number of hydrogen-bond acceptors (Lipinski definition) is 3. The van der Waals surface area contributed by atoms with Crippen LogP contribution in [-0.2, 0) is 4.79 Å². The maximum atomic E-state index is 9.60. The van der Waals surface area contributed by atoms with Gasteiger partial charge in [0.1, 0.15) is 0 Å². The van der Waals surface area contributed by atoms with Crippen LogP contribution in [0.15, 0.2) is 0 Å². The third-order valence-corrected chi connectivity index (χ3v) is 0.464. The molecule has 0 unspecified atom stereocenters. The fraction of sp³-hybridized carbons (Fsp3) is 0.857. The van der Waals surface area contributed by atoms with Crippen LogP contribution in [0.5, 0.6) is 0 Å². The highest BCUT2D eigenvalue weighted by molar-refractivity contribution is 5.66. The molecule has 4 N–H and O–H groups in total. The summed E-state index contributed by atoms with van der Waals surface area (Å²) in [6, 6.07) is 0. The average Bonchev–Trinajstić information content (AvgIpc) is 1.62. The Hall–Kier alpha value is -0.610. The third kappa shape index (κ3) is 89.8. The van der Waals surface area contributed by atoms with Gasteiger partial charge in [0.25, 0.3) is 0 Å². The zero-order chi connectivity index (χ0) is 8.57. The van der Waals surface area contributed by atoms with Crippen LogP contribution in [0.2, 0.25) is 0 Å². The average molecular weight is 164 g/mol. The summed E-state index contributed by atoms with van der Waals surface area (Å²) in [5.74, 6) is -0.711. The zero-order valence-corrected chi connectivity index (χ0v) is 7.92. The van der Waals surface area contributed by atoms with E-state index in [1.807, 2.05) is 33.0 Å². The SMILES string of the molecule is CCCC(=O)O.CN(C)C.N. The van der Waals surface area contributed by atoms with E-state index in [9.17, 15) is 4.79 Å². The Bertz CT molecular complexity index is 81.8. The minimum atomic E-state index is -0.711. The van der Waals surface area contributed by atoms with Crippen molar-refractivity contribution >= 4 is 5.97 Å². The molecule has 0 bridgehead atoms. The van der Waals surface area contributed by atoms with Gasteiger partial charge < -0.3 is 16.2 Å². The number of rotatable bonds is 2. The summed E-state index contributed by atoms with van der Waals surface area (Å²) < 4.78 is 0. The molecule has 0 aliphatic heterocycles. The van der Waals surface area contributed by atoms with E-state index < -0.39 is 5.97 Å². The number of carbonyl (C=O) groups is 1. The predicted molar refractivity (Wildman–Crippen MR) is 47.2 cm³/mol. The van der Waals surface area contributed by atoms with Crippen LogP contribution < -0.4 is 6.15 Å². The monoisotopic (exact) mass is 164 g/mol. The molecule has 11 heavy (non-hydrogen) atoms. The molecule has 4 nitrogen and oxygen atoms in total. The van der Waals surface area contributed by atoms with Crippen molar-refractivity contribution in [1.82, 2.24) is 11.1 Å².